The first kappa shape index (κ1) is 60.7. The Morgan fingerprint density at radius 2 is 1.22 bits per heavy atom. The fraction of sp³-hybridized carbons (Fsp3) is 0.837. The van der Waals surface area contributed by atoms with E-state index in [4.69, 9.17) is 0 Å². The van der Waals surface area contributed by atoms with Crippen LogP contribution in [-0.2, 0) is 38.4 Å². The van der Waals surface area contributed by atoms with E-state index in [1.54, 1.807) is 4.90 Å². The largest absolute Gasteiger partial charge is 0.391 e. The Balaban J connectivity index is 3.19. The molecule has 1 saturated heterocycles. The maximum Gasteiger partial charge on any atom is 0.245 e. The predicted octanol–water partition coefficient (Wildman–Crippen LogP) is 3.19. The summed E-state index contributed by atoms with van der Waals surface area (Å²) in [5.41, 5.74) is -1.42. The molecule has 0 spiro atoms. The van der Waals surface area contributed by atoms with Crippen LogP contribution in [0.1, 0.15) is 172 Å². The van der Waals surface area contributed by atoms with Crippen LogP contribution in [0.15, 0.2) is 0 Å². The predicted molar refractivity (Wildman–Crippen MR) is 261 cm³/mol. The normalized spacial score (nSPS) is 16.7. The summed E-state index contributed by atoms with van der Waals surface area (Å²) in [5, 5.41) is 30.2. The summed E-state index contributed by atoms with van der Waals surface area (Å²) in [5.74, 6) is -4.26. The summed E-state index contributed by atoms with van der Waals surface area (Å²) in [6.45, 7) is 19.1. The molecule has 18 heteroatoms. The first-order chi connectivity index (χ1) is 31.4. The van der Waals surface area contributed by atoms with Crippen molar-refractivity contribution in [2.75, 3.05) is 33.7 Å². The molecule has 0 bridgehead atoms. The SMILES string of the molecule is CCCCCCCC[C@H](NC(=O)[C@@H]1CCCN1C(=O)CCCCC)C(=O)N[C@H](C(=O)N[C@@H](CC(C)C)C(=O)N[C@@H](CC(C)C)C(=O)NC(C)(C)C(=O)NCCC(=O)N[C@@H](C)CN(C)C)[C@@H](C)O. The van der Waals surface area contributed by atoms with E-state index in [0.717, 1.165) is 51.4 Å². The molecule has 0 aliphatic carbocycles. The van der Waals surface area contributed by atoms with Gasteiger partial charge in [0.15, 0.2) is 0 Å². The minimum absolute atomic E-state index is 0.0419. The average molecular weight is 950 g/mol. The third kappa shape index (κ3) is 24.0. The number of likely N-dealkylation sites (tertiary alicyclic amines) is 1. The van der Waals surface area contributed by atoms with Crippen LogP contribution in [0.4, 0.5) is 0 Å². The number of aliphatic hydroxyl groups excluding tert-OH is 1. The summed E-state index contributed by atoms with van der Waals surface area (Å²) in [6, 6.07) is -5.64. The van der Waals surface area contributed by atoms with Crippen molar-refractivity contribution < 1.29 is 43.5 Å². The Labute approximate surface area is 402 Å². The maximum atomic E-state index is 14.0. The second-order valence-electron chi connectivity index (χ2n) is 20.3. The highest BCUT2D eigenvalue weighted by Crippen LogP contribution is 2.21. The number of carbonyl (C=O) groups excluding carboxylic acids is 8. The Morgan fingerprint density at radius 1 is 0.672 bits per heavy atom. The van der Waals surface area contributed by atoms with E-state index < -0.39 is 77.3 Å². The number of amides is 8. The first-order valence-electron chi connectivity index (χ1n) is 25.2. The van der Waals surface area contributed by atoms with Gasteiger partial charge in [-0.1, -0.05) is 92.9 Å². The molecular weight excluding hydrogens is 859 g/mol. The van der Waals surface area contributed by atoms with Gasteiger partial charge >= 0.3 is 0 Å². The van der Waals surface area contributed by atoms with Crippen LogP contribution in [0.5, 0.6) is 0 Å². The highest BCUT2D eigenvalue weighted by molar-refractivity contribution is 5.98. The fourth-order valence-corrected chi connectivity index (χ4v) is 8.17. The molecule has 67 heavy (non-hydrogen) atoms. The van der Waals surface area contributed by atoms with Gasteiger partial charge in [0, 0.05) is 38.5 Å². The van der Waals surface area contributed by atoms with E-state index >= 15 is 0 Å². The number of hydrogen-bond donors (Lipinski definition) is 8. The lowest BCUT2D eigenvalue weighted by molar-refractivity contribution is -0.140. The number of unbranched alkanes of at least 4 members (excludes halogenated alkanes) is 7. The monoisotopic (exact) mass is 950 g/mol. The molecule has 18 nitrogen and oxygen atoms in total. The van der Waals surface area contributed by atoms with Crippen molar-refractivity contribution in [1.82, 2.24) is 47.0 Å². The van der Waals surface area contributed by atoms with Crippen molar-refractivity contribution in [1.29, 1.82) is 0 Å². The van der Waals surface area contributed by atoms with Gasteiger partial charge in [0.2, 0.25) is 47.3 Å². The fourth-order valence-electron chi connectivity index (χ4n) is 8.17. The van der Waals surface area contributed by atoms with Crippen LogP contribution in [-0.4, -0.2) is 144 Å². The molecule has 8 amide bonds. The lowest BCUT2D eigenvalue weighted by atomic mass is 9.98. The van der Waals surface area contributed by atoms with Crippen molar-refractivity contribution in [3.05, 3.63) is 0 Å². The van der Waals surface area contributed by atoms with Crippen LogP contribution in [0.25, 0.3) is 0 Å². The van der Waals surface area contributed by atoms with Gasteiger partial charge < -0.3 is 52.1 Å². The Kier molecular flexibility index (Phi) is 28.7. The summed E-state index contributed by atoms with van der Waals surface area (Å²) in [6.07, 6.45) is 8.99. The molecule has 1 heterocycles. The summed E-state index contributed by atoms with van der Waals surface area (Å²) < 4.78 is 0. The summed E-state index contributed by atoms with van der Waals surface area (Å²) in [7, 11) is 3.81. The zero-order valence-electron chi connectivity index (χ0n) is 43.2. The topological polar surface area (TPSA) is 247 Å². The molecule has 0 aromatic rings. The molecule has 7 atom stereocenters. The van der Waals surface area contributed by atoms with Gasteiger partial charge in [-0.15, -0.1) is 0 Å². The highest BCUT2D eigenvalue weighted by atomic mass is 16.3. The van der Waals surface area contributed by atoms with Crippen LogP contribution in [0.2, 0.25) is 0 Å². The van der Waals surface area contributed by atoms with E-state index in [9.17, 15) is 43.5 Å². The van der Waals surface area contributed by atoms with Crippen molar-refractivity contribution in [3.8, 4) is 0 Å². The van der Waals surface area contributed by atoms with Crippen molar-refractivity contribution >= 4 is 47.3 Å². The smallest absolute Gasteiger partial charge is 0.245 e. The third-order valence-corrected chi connectivity index (χ3v) is 11.8. The zero-order valence-corrected chi connectivity index (χ0v) is 43.2. The Hall–Kier alpha value is -4.32. The van der Waals surface area contributed by atoms with Crippen molar-refractivity contribution in [2.45, 2.75) is 220 Å². The summed E-state index contributed by atoms with van der Waals surface area (Å²) in [4.78, 5) is 112. The molecule has 0 aromatic heterocycles. The van der Waals surface area contributed by atoms with Crippen molar-refractivity contribution in [2.24, 2.45) is 11.8 Å². The molecule has 386 valence electrons. The van der Waals surface area contributed by atoms with Crippen LogP contribution in [0.3, 0.4) is 0 Å². The Bertz CT molecular complexity index is 1570. The standard InChI is InChI=1S/C49H91N9O9/c1-13-15-17-18-19-21-23-36(52-46(65)39-24-22-28-58(39)41(61)25-20-16-14-2)43(62)55-42(35(8)59)47(66)54-37(29-32(3)4)44(63)53-38(30-33(5)6)45(64)56-49(9,10)48(67)50-27-26-40(60)51-34(7)31-57(11)12/h32-39,42,59H,13-31H2,1-12H3,(H,50,67)(H,51,60)(H,52,65)(H,53,63)(H,54,66)(H,55,62)(H,56,64)/t34-,35+,36-,37-,38-,39-,42-/m0/s1. The number of nitrogens with zero attached hydrogens (tertiary/aromatic N) is 2. The third-order valence-electron chi connectivity index (χ3n) is 11.8. The molecule has 8 N–H and O–H groups in total. The number of rotatable bonds is 33. The second kappa shape index (κ2) is 31.7. The van der Waals surface area contributed by atoms with Crippen LogP contribution >= 0.6 is 0 Å². The lowest BCUT2D eigenvalue weighted by Gasteiger charge is -2.31. The van der Waals surface area contributed by atoms with Gasteiger partial charge in [-0.25, -0.2) is 0 Å². The average Bonchev–Trinajstić information content (AvgIpc) is 3.72. The van der Waals surface area contributed by atoms with E-state index in [1.165, 1.54) is 20.8 Å². The molecular formula is C49H91N9O9. The molecule has 0 radical (unpaired) electrons. The molecule has 0 saturated carbocycles. The number of aliphatic hydroxyl groups is 1. The van der Waals surface area contributed by atoms with E-state index in [0.29, 0.717) is 38.8 Å². The van der Waals surface area contributed by atoms with E-state index in [-0.39, 0.29) is 61.9 Å². The highest BCUT2D eigenvalue weighted by Gasteiger charge is 2.38. The minimum Gasteiger partial charge on any atom is -0.391 e. The molecule has 1 aliphatic heterocycles. The summed E-state index contributed by atoms with van der Waals surface area (Å²) >= 11 is 0. The van der Waals surface area contributed by atoms with Crippen LogP contribution < -0.4 is 37.2 Å². The quantitative estimate of drug-likeness (QED) is 0.0447. The van der Waals surface area contributed by atoms with Crippen LogP contribution in [0, 0.1) is 11.8 Å². The first-order valence-corrected chi connectivity index (χ1v) is 25.2. The molecule has 0 unspecified atom stereocenters. The van der Waals surface area contributed by atoms with E-state index in [2.05, 4.69) is 51.1 Å². The van der Waals surface area contributed by atoms with Gasteiger partial charge in [-0.05, 0) is 92.2 Å². The maximum absolute atomic E-state index is 14.0. The van der Waals surface area contributed by atoms with Gasteiger partial charge in [0.1, 0.15) is 35.7 Å². The number of hydrogen-bond acceptors (Lipinski definition) is 10. The lowest BCUT2D eigenvalue weighted by Crippen LogP contribution is -2.62. The Morgan fingerprint density at radius 3 is 1.81 bits per heavy atom. The zero-order chi connectivity index (χ0) is 50.9. The minimum atomic E-state index is -1.51. The van der Waals surface area contributed by atoms with Crippen molar-refractivity contribution in [3.63, 3.8) is 0 Å². The molecule has 1 rings (SSSR count). The number of nitrogens with one attached hydrogen (secondary N) is 7. The van der Waals surface area contributed by atoms with Gasteiger partial charge in [-0.2, -0.15) is 0 Å². The molecule has 1 fully saturated rings. The molecule has 0 aromatic carbocycles. The van der Waals surface area contributed by atoms with Gasteiger partial charge in [-0.3, -0.25) is 38.4 Å². The van der Waals surface area contributed by atoms with Gasteiger partial charge in [0.25, 0.3) is 0 Å². The second-order valence-corrected chi connectivity index (χ2v) is 20.3. The molecule has 1 aliphatic rings. The van der Waals surface area contributed by atoms with E-state index in [1.807, 2.05) is 53.6 Å². The van der Waals surface area contributed by atoms with Gasteiger partial charge in [0.05, 0.1) is 6.10 Å². The number of carbonyl (C=O) groups is 8. The number of likely N-dealkylation sites (N-methyl/N-ethyl adjacent to an activating group) is 1.